The lowest BCUT2D eigenvalue weighted by molar-refractivity contribution is -0.213. The first-order valence-corrected chi connectivity index (χ1v) is 11.6. The number of carbonyl (C=O) groups excluding carboxylic acids is 2. The quantitative estimate of drug-likeness (QED) is 0.208. The SMILES string of the molecule is Cc1ccc(CN[C@@H](CN)C(=O)NON(Cc2ccc(OCc3ccccc3)cc2)C(=O)C=N)cc1F. The van der Waals surface area contributed by atoms with Crippen LogP contribution in [-0.4, -0.2) is 35.7 Å². The second-order valence-electron chi connectivity index (χ2n) is 8.25. The molecule has 0 saturated heterocycles. The van der Waals surface area contributed by atoms with Gasteiger partial charge in [-0.05, 0) is 47.4 Å². The zero-order valence-corrected chi connectivity index (χ0v) is 20.4. The maximum Gasteiger partial charge on any atom is 0.290 e. The van der Waals surface area contributed by atoms with Gasteiger partial charge in [-0.2, -0.15) is 5.06 Å². The van der Waals surface area contributed by atoms with Crippen LogP contribution in [0.4, 0.5) is 4.39 Å². The number of rotatable bonds is 13. The normalized spacial score (nSPS) is 11.4. The molecule has 0 saturated carbocycles. The summed E-state index contributed by atoms with van der Waals surface area (Å²) in [5, 5.41) is 11.1. The predicted octanol–water partition coefficient (Wildman–Crippen LogP) is 2.77. The first-order chi connectivity index (χ1) is 17.9. The number of nitrogens with one attached hydrogen (secondary N) is 3. The molecule has 0 unspecified atom stereocenters. The Labute approximate surface area is 214 Å². The minimum absolute atomic E-state index is 0.0309. The summed E-state index contributed by atoms with van der Waals surface area (Å²) >= 11 is 0. The van der Waals surface area contributed by atoms with Gasteiger partial charge >= 0.3 is 0 Å². The molecule has 3 aromatic rings. The van der Waals surface area contributed by atoms with Crippen molar-refractivity contribution >= 4 is 18.0 Å². The molecule has 0 aromatic heterocycles. The molecule has 3 rings (SSSR count). The van der Waals surface area contributed by atoms with E-state index in [0.29, 0.717) is 35.3 Å². The Kier molecular flexibility index (Phi) is 10.3. The van der Waals surface area contributed by atoms with E-state index in [-0.39, 0.29) is 25.5 Å². The van der Waals surface area contributed by atoms with Crippen molar-refractivity contribution in [2.75, 3.05) is 6.54 Å². The van der Waals surface area contributed by atoms with Crippen LogP contribution in [0.15, 0.2) is 72.8 Å². The van der Waals surface area contributed by atoms with Crippen LogP contribution < -0.4 is 21.3 Å². The van der Waals surface area contributed by atoms with Crippen LogP contribution in [0.25, 0.3) is 0 Å². The highest BCUT2D eigenvalue weighted by Crippen LogP contribution is 2.16. The van der Waals surface area contributed by atoms with E-state index in [2.05, 4.69) is 10.8 Å². The Morgan fingerprint density at radius 1 is 1.05 bits per heavy atom. The number of halogens is 1. The molecule has 0 radical (unpaired) electrons. The van der Waals surface area contributed by atoms with Crippen molar-refractivity contribution in [1.29, 1.82) is 5.41 Å². The fourth-order valence-corrected chi connectivity index (χ4v) is 3.27. The van der Waals surface area contributed by atoms with Gasteiger partial charge in [-0.3, -0.25) is 9.59 Å². The molecule has 1 atom stereocenters. The number of nitrogens with zero attached hydrogens (tertiary/aromatic N) is 1. The third-order valence-electron chi connectivity index (χ3n) is 5.46. The molecule has 3 aromatic carbocycles. The predicted molar refractivity (Wildman–Crippen MR) is 137 cm³/mol. The molecule has 0 aliphatic rings. The van der Waals surface area contributed by atoms with Crippen LogP contribution in [0, 0.1) is 18.2 Å². The summed E-state index contributed by atoms with van der Waals surface area (Å²) < 4.78 is 19.5. The largest absolute Gasteiger partial charge is 0.489 e. The van der Waals surface area contributed by atoms with Gasteiger partial charge < -0.3 is 21.2 Å². The average Bonchev–Trinajstić information content (AvgIpc) is 2.92. The minimum Gasteiger partial charge on any atom is -0.489 e. The summed E-state index contributed by atoms with van der Waals surface area (Å²) in [4.78, 5) is 29.9. The van der Waals surface area contributed by atoms with Gasteiger partial charge in [0.25, 0.3) is 11.8 Å². The van der Waals surface area contributed by atoms with E-state index in [1.165, 1.54) is 6.07 Å². The highest BCUT2D eigenvalue weighted by molar-refractivity contribution is 6.24. The Bertz CT molecular complexity index is 1190. The average molecular weight is 508 g/mol. The Hall–Kier alpha value is -4.12. The zero-order valence-electron chi connectivity index (χ0n) is 20.4. The minimum atomic E-state index is -0.859. The fraction of sp³-hybridized carbons (Fsp3) is 0.222. The van der Waals surface area contributed by atoms with Crippen molar-refractivity contribution in [3.63, 3.8) is 0 Å². The second-order valence-corrected chi connectivity index (χ2v) is 8.25. The van der Waals surface area contributed by atoms with Crippen molar-refractivity contribution in [1.82, 2.24) is 15.9 Å². The molecule has 10 heteroatoms. The van der Waals surface area contributed by atoms with Gasteiger partial charge in [0.2, 0.25) is 0 Å². The van der Waals surface area contributed by atoms with Crippen molar-refractivity contribution in [3.05, 3.63) is 101 Å². The Balaban J connectivity index is 1.53. The number of benzene rings is 3. The number of carbonyl (C=O) groups is 2. The summed E-state index contributed by atoms with van der Waals surface area (Å²) in [5.74, 6) is -1.08. The van der Waals surface area contributed by atoms with E-state index in [1.54, 1.807) is 43.3 Å². The number of ether oxygens (including phenoxy) is 1. The summed E-state index contributed by atoms with van der Waals surface area (Å²) in [6.45, 7) is 2.19. The molecule has 0 fully saturated rings. The third-order valence-corrected chi connectivity index (χ3v) is 5.46. The molecule has 37 heavy (non-hydrogen) atoms. The standard InChI is InChI=1S/C27H30FN5O4/c1-19-7-8-22(13-24(19)28)16-31-25(14-29)27(35)32-37-33(26(34)15-30)17-20-9-11-23(12-10-20)36-18-21-5-3-2-4-6-21/h2-13,15,25,30-31H,14,16-18,29H2,1H3,(H,32,35)/t25-/m0/s1. The molecule has 5 N–H and O–H groups in total. The number of hydrogen-bond acceptors (Lipinski definition) is 7. The summed E-state index contributed by atoms with van der Waals surface area (Å²) in [6, 6.07) is 20.7. The van der Waals surface area contributed by atoms with E-state index < -0.39 is 17.9 Å². The highest BCUT2D eigenvalue weighted by Gasteiger charge is 2.20. The van der Waals surface area contributed by atoms with Gasteiger partial charge in [0.15, 0.2) is 0 Å². The molecule has 194 valence electrons. The molecule has 9 nitrogen and oxygen atoms in total. The fourth-order valence-electron chi connectivity index (χ4n) is 3.27. The molecule has 0 aliphatic heterocycles. The van der Waals surface area contributed by atoms with Gasteiger partial charge in [0, 0.05) is 13.1 Å². The highest BCUT2D eigenvalue weighted by atomic mass is 19.1. The van der Waals surface area contributed by atoms with Gasteiger partial charge in [-0.25, -0.2) is 9.87 Å². The smallest absolute Gasteiger partial charge is 0.290 e. The maximum absolute atomic E-state index is 13.8. The van der Waals surface area contributed by atoms with Crippen LogP contribution in [0.5, 0.6) is 5.75 Å². The van der Waals surface area contributed by atoms with Crippen molar-refractivity contribution in [3.8, 4) is 5.75 Å². The first kappa shape index (κ1) is 27.5. The van der Waals surface area contributed by atoms with E-state index in [0.717, 1.165) is 10.6 Å². The first-order valence-electron chi connectivity index (χ1n) is 11.6. The summed E-state index contributed by atoms with van der Waals surface area (Å²) in [5.41, 5.74) is 10.8. The maximum atomic E-state index is 13.8. The number of aryl methyl sites for hydroxylation is 1. The van der Waals surface area contributed by atoms with E-state index in [4.69, 9.17) is 20.8 Å². The molecular formula is C27H30FN5O4. The van der Waals surface area contributed by atoms with Crippen LogP contribution in [-0.2, 0) is 34.2 Å². The number of nitrogens with two attached hydrogens (primary N) is 1. The third kappa shape index (κ3) is 8.50. The number of amides is 2. The lowest BCUT2D eigenvalue weighted by Gasteiger charge is -2.22. The van der Waals surface area contributed by atoms with Crippen LogP contribution in [0.1, 0.15) is 22.3 Å². The number of hydroxylamine groups is 3. The zero-order chi connectivity index (χ0) is 26.6. The van der Waals surface area contributed by atoms with Crippen molar-refractivity contribution in [2.45, 2.75) is 32.7 Å². The second kappa shape index (κ2) is 13.8. The molecule has 0 heterocycles. The van der Waals surface area contributed by atoms with Gasteiger partial charge in [0.05, 0.1) is 12.8 Å². The van der Waals surface area contributed by atoms with Crippen LogP contribution in [0.3, 0.4) is 0 Å². The molecule has 0 bridgehead atoms. The summed E-state index contributed by atoms with van der Waals surface area (Å²) in [7, 11) is 0. The van der Waals surface area contributed by atoms with Crippen LogP contribution >= 0.6 is 0 Å². The Morgan fingerprint density at radius 3 is 2.41 bits per heavy atom. The van der Waals surface area contributed by atoms with E-state index >= 15 is 0 Å². The van der Waals surface area contributed by atoms with Crippen molar-refractivity contribution < 1.29 is 23.7 Å². The Morgan fingerprint density at radius 2 is 1.76 bits per heavy atom. The molecular weight excluding hydrogens is 477 g/mol. The lowest BCUT2D eigenvalue weighted by Crippen LogP contribution is -2.50. The van der Waals surface area contributed by atoms with Gasteiger partial charge in [-0.15, -0.1) is 4.94 Å². The monoisotopic (exact) mass is 507 g/mol. The summed E-state index contributed by atoms with van der Waals surface area (Å²) in [6.07, 6.45) is 0.577. The molecule has 2 amide bonds. The van der Waals surface area contributed by atoms with Gasteiger partial charge in [-0.1, -0.05) is 54.6 Å². The van der Waals surface area contributed by atoms with Gasteiger partial charge in [0.1, 0.15) is 24.2 Å². The topological polar surface area (TPSA) is 130 Å². The molecule has 0 aliphatic carbocycles. The van der Waals surface area contributed by atoms with Crippen LogP contribution in [0.2, 0.25) is 0 Å². The van der Waals surface area contributed by atoms with E-state index in [9.17, 15) is 14.0 Å². The lowest BCUT2D eigenvalue weighted by atomic mass is 10.1. The van der Waals surface area contributed by atoms with E-state index in [1.807, 2.05) is 30.3 Å². The molecule has 0 spiro atoms. The van der Waals surface area contributed by atoms with Crippen molar-refractivity contribution in [2.24, 2.45) is 5.73 Å². The number of hydrogen-bond donors (Lipinski definition) is 4.